The molecule has 8 nitrogen and oxygen atoms in total. The zero-order valence-electron chi connectivity index (χ0n) is 11.4. The van der Waals surface area contributed by atoms with Gasteiger partial charge in [-0.2, -0.15) is 0 Å². The molecule has 1 rings (SSSR count). The third kappa shape index (κ3) is 4.41. The molecular weight excluding hydrogens is 272 g/mol. The summed E-state index contributed by atoms with van der Waals surface area (Å²) in [6, 6.07) is 0. The van der Waals surface area contributed by atoms with Gasteiger partial charge < -0.3 is 29.5 Å². The minimum absolute atomic E-state index is 0.126. The van der Waals surface area contributed by atoms with E-state index in [-0.39, 0.29) is 13.0 Å². The van der Waals surface area contributed by atoms with Gasteiger partial charge in [-0.15, -0.1) is 0 Å². The molecule has 1 saturated heterocycles. The molecule has 0 aromatic rings. The molecule has 3 N–H and O–H groups in total. The van der Waals surface area contributed by atoms with E-state index in [1.165, 1.54) is 6.92 Å². The fourth-order valence-corrected chi connectivity index (χ4v) is 1.81. The average Bonchev–Trinajstić information content (AvgIpc) is 2.37. The highest BCUT2D eigenvalue weighted by atomic mass is 16.7. The van der Waals surface area contributed by atoms with Gasteiger partial charge in [-0.25, -0.2) is 0 Å². The highest BCUT2D eigenvalue weighted by Gasteiger charge is 2.46. The van der Waals surface area contributed by atoms with Crippen LogP contribution < -0.4 is 0 Å². The Balaban J connectivity index is 2.69. The monoisotopic (exact) mass is 292 g/mol. The molecule has 0 saturated carbocycles. The number of carbonyl (C=O) groups excluding carboxylic acids is 2. The zero-order chi connectivity index (χ0) is 15.3. The van der Waals surface area contributed by atoms with Gasteiger partial charge in [0.25, 0.3) is 0 Å². The molecule has 0 amide bonds. The SMILES string of the molecule is CCCC(=O)O[C@@H]1[C@@H](O)[C@H](O)O[C@H](COC(C)=O)[C@H]1O. The second kappa shape index (κ2) is 7.53. The minimum Gasteiger partial charge on any atom is -0.463 e. The first-order valence-corrected chi connectivity index (χ1v) is 6.39. The fraction of sp³-hybridized carbons (Fsp3) is 0.833. The molecule has 1 heterocycles. The molecule has 1 fully saturated rings. The number of hydrogen-bond acceptors (Lipinski definition) is 8. The Morgan fingerprint density at radius 2 is 1.85 bits per heavy atom. The molecule has 0 spiro atoms. The lowest BCUT2D eigenvalue weighted by Crippen LogP contribution is -2.60. The molecule has 0 aromatic carbocycles. The van der Waals surface area contributed by atoms with Gasteiger partial charge in [0.1, 0.15) is 24.9 Å². The van der Waals surface area contributed by atoms with E-state index in [2.05, 4.69) is 4.74 Å². The quantitative estimate of drug-likeness (QED) is 0.534. The maximum Gasteiger partial charge on any atom is 0.306 e. The van der Waals surface area contributed by atoms with E-state index in [4.69, 9.17) is 9.47 Å². The highest BCUT2D eigenvalue weighted by Crippen LogP contribution is 2.23. The van der Waals surface area contributed by atoms with Crippen LogP contribution in [0.2, 0.25) is 0 Å². The van der Waals surface area contributed by atoms with Crippen LogP contribution in [-0.2, 0) is 23.8 Å². The minimum atomic E-state index is -1.64. The second-order valence-electron chi connectivity index (χ2n) is 4.55. The lowest BCUT2D eigenvalue weighted by Gasteiger charge is -2.39. The van der Waals surface area contributed by atoms with E-state index in [9.17, 15) is 24.9 Å². The van der Waals surface area contributed by atoms with Gasteiger partial charge in [0.15, 0.2) is 12.4 Å². The van der Waals surface area contributed by atoms with Crippen LogP contribution in [0.3, 0.4) is 0 Å². The summed E-state index contributed by atoms with van der Waals surface area (Å²) in [4.78, 5) is 22.2. The van der Waals surface area contributed by atoms with Crippen LogP contribution in [0.15, 0.2) is 0 Å². The van der Waals surface area contributed by atoms with Crippen molar-refractivity contribution in [3.8, 4) is 0 Å². The summed E-state index contributed by atoms with van der Waals surface area (Å²) in [7, 11) is 0. The van der Waals surface area contributed by atoms with Crippen molar-refractivity contribution in [2.75, 3.05) is 6.61 Å². The number of aliphatic hydroxyl groups is 3. The third-order valence-electron chi connectivity index (χ3n) is 2.83. The maximum absolute atomic E-state index is 11.4. The number of esters is 2. The summed E-state index contributed by atoms with van der Waals surface area (Å²) in [5, 5.41) is 29.2. The predicted octanol–water partition coefficient (Wildman–Crippen LogP) is -1.30. The predicted molar refractivity (Wildman–Crippen MR) is 64.3 cm³/mol. The van der Waals surface area contributed by atoms with Crippen molar-refractivity contribution >= 4 is 11.9 Å². The standard InChI is InChI=1S/C12H20O8/c1-3-4-8(14)20-11-9(15)7(5-18-6(2)13)19-12(17)10(11)16/h7,9-12,15-17H,3-5H2,1-2H3/t7-,9-,10-,11+,12-/m1/s1. The Morgan fingerprint density at radius 1 is 1.20 bits per heavy atom. The van der Waals surface area contributed by atoms with Crippen LogP contribution in [0, 0.1) is 0 Å². The smallest absolute Gasteiger partial charge is 0.306 e. The summed E-state index contributed by atoms with van der Waals surface area (Å²) in [6.45, 7) is 2.64. The number of hydrogen-bond donors (Lipinski definition) is 3. The number of rotatable bonds is 5. The average molecular weight is 292 g/mol. The summed E-state index contributed by atoms with van der Waals surface area (Å²) < 4.78 is 14.5. The van der Waals surface area contributed by atoms with Crippen LogP contribution in [0.5, 0.6) is 0 Å². The van der Waals surface area contributed by atoms with Gasteiger partial charge in [0.05, 0.1) is 0 Å². The molecule has 0 bridgehead atoms. The largest absolute Gasteiger partial charge is 0.463 e. The van der Waals surface area contributed by atoms with Gasteiger partial charge in [0.2, 0.25) is 0 Å². The number of carbonyl (C=O) groups is 2. The topological polar surface area (TPSA) is 123 Å². The Kier molecular flexibility index (Phi) is 6.34. The van der Waals surface area contributed by atoms with Crippen molar-refractivity contribution in [3.05, 3.63) is 0 Å². The lowest BCUT2D eigenvalue weighted by atomic mass is 9.99. The van der Waals surface area contributed by atoms with Gasteiger partial charge in [-0.3, -0.25) is 9.59 Å². The first-order chi connectivity index (χ1) is 9.36. The second-order valence-corrected chi connectivity index (χ2v) is 4.55. The fourth-order valence-electron chi connectivity index (χ4n) is 1.81. The van der Waals surface area contributed by atoms with Crippen LogP contribution in [-0.4, -0.2) is 64.6 Å². The molecule has 0 aliphatic carbocycles. The molecular formula is C12H20O8. The van der Waals surface area contributed by atoms with E-state index in [1.807, 2.05) is 0 Å². The van der Waals surface area contributed by atoms with Crippen molar-refractivity contribution in [1.29, 1.82) is 0 Å². The summed E-state index contributed by atoms with van der Waals surface area (Å²) in [5.74, 6) is -1.18. The third-order valence-corrected chi connectivity index (χ3v) is 2.83. The van der Waals surface area contributed by atoms with E-state index >= 15 is 0 Å². The van der Waals surface area contributed by atoms with E-state index in [0.717, 1.165) is 0 Å². The Morgan fingerprint density at radius 3 is 2.40 bits per heavy atom. The van der Waals surface area contributed by atoms with Crippen LogP contribution >= 0.6 is 0 Å². The summed E-state index contributed by atoms with van der Waals surface area (Å²) in [6.07, 6.45) is -6.36. The molecule has 1 aliphatic heterocycles. The van der Waals surface area contributed by atoms with Crippen LogP contribution in [0.25, 0.3) is 0 Å². The van der Waals surface area contributed by atoms with Crippen LogP contribution in [0.4, 0.5) is 0 Å². The van der Waals surface area contributed by atoms with Crippen molar-refractivity contribution in [2.45, 2.75) is 57.4 Å². The number of aliphatic hydroxyl groups excluding tert-OH is 3. The molecule has 5 atom stereocenters. The van der Waals surface area contributed by atoms with Gasteiger partial charge in [-0.05, 0) is 6.42 Å². The molecule has 20 heavy (non-hydrogen) atoms. The Labute approximate surface area is 116 Å². The Hall–Kier alpha value is -1.22. The molecule has 1 aliphatic rings. The summed E-state index contributed by atoms with van der Waals surface area (Å²) >= 11 is 0. The maximum atomic E-state index is 11.4. The van der Waals surface area contributed by atoms with Gasteiger partial charge in [-0.1, -0.05) is 6.92 Å². The number of ether oxygens (including phenoxy) is 3. The van der Waals surface area contributed by atoms with Gasteiger partial charge in [0, 0.05) is 13.3 Å². The van der Waals surface area contributed by atoms with Crippen molar-refractivity contribution in [1.82, 2.24) is 0 Å². The Bertz CT molecular complexity index is 344. The summed E-state index contributed by atoms with van der Waals surface area (Å²) in [5.41, 5.74) is 0. The zero-order valence-corrected chi connectivity index (χ0v) is 11.4. The van der Waals surface area contributed by atoms with E-state index < -0.39 is 42.6 Å². The van der Waals surface area contributed by atoms with Crippen molar-refractivity contribution in [2.24, 2.45) is 0 Å². The normalized spacial score (nSPS) is 33.5. The van der Waals surface area contributed by atoms with Crippen molar-refractivity contribution in [3.63, 3.8) is 0 Å². The molecule has 116 valence electrons. The van der Waals surface area contributed by atoms with E-state index in [1.54, 1.807) is 6.92 Å². The van der Waals surface area contributed by atoms with Gasteiger partial charge >= 0.3 is 11.9 Å². The first-order valence-electron chi connectivity index (χ1n) is 6.39. The molecule has 0 radical (unpaired) electrons. The molecule has 0 aromatic heterocycles. The molecule has 8 heteroatoms. The molecule has 0 unspecified atom stereocenters. The lowest BCUT2D eigenvalue weighted by molar-refractivity contribution is -0.290. The highest BCUT2D eigenvalue weighted by molar-refractivity contribution is 5.69. The van der Waals surface area contributed by atoms with Crippen LogP contribution in [0.1, 0.15) is 26.7 Å². The first kappa shape index (κ1) is 16.8. The van der Waals surface area contributed by atoms with E-state index in [0.29, 0.717) is 6.42 Å². The van der Waals surface area contributed by atoms with Crippen molar-refractivity contribution < 1.29 is 39.1 Å².